The quantitative estimate of drug-likeness (QED) is 0.735. The third kappa shape index (κ3) is 2.06. The minimum atomic E-state index is -0.919. The first kappa shape index (κ1) is 10.3. The van der Waals surface area contributed by atoms with Crippen LogP contribution in [0.15, 0.2) is 36.4 Å². The third-order valence-corrected chi connectivity index (χ3v) is 2.30. The topological polar surface area (TPSA) is 69.6 Å². The Bertz CT molecular complexity index is 537. The second-order valence-electron chi connectivity index (χ2n) is 3.46. The summed E-state index contributed by atoms with van der Waals surface area (Å²) in [5.74, 6) is -0.728. The summed E-state index contributed by atoms with van der Waals surface area (Å²) in [6, 6.07) is 10.6. The van der Waals surface area contributed by atoms with Crippen LogP contribution in [-0.2, 0) is 4.79 Å². The molecule has 0 radical (unpaired) electrons. The highest BCUT2D eigenvalue weighted by atomic mass is 16.4. The van der Waals surface area contributed by atoms with E-state index in [9.17, 15) is 9.90 Å². The van der Waals surface area contributed by atoms with E-state index in [4.69, 9.17) is 5.11 Å². The van der Waals surface area contributed by atoms with Crippen molar-refractivity contribution in [3.8, 4) is 5.75 Å². The van der Waals surface area contributed by atoms with Crippen LogP contribution < -0.4 is 5.32 Å². The largest absolute Gasteiger partial charge is 0.507 e. The van der Waals surface area contributed by atoms with Gasteiger partial charge in [0, 0.05) is 11.1 Å². The standard InChI is InChI=1S/C12H11NO3/c14-11-3-1-2-8-4-5-9(6-10(8)11)13-7-12(15)16/h1-6,13-14H,7H2,(H,15,16). The fourth-order valence-electron chi connectivity index (χ4n) is 1.54. The number of hydrogen-bond donors (Lipinski definition) is 3. The first-order valence-corrected chi connectivity index (χ1v) is 4.84. The molecule has 0 amide bonds. The van der Waals surface area contributed by atoms with Crippen molar-refractivity contribution in [1.29, 1.82) is 0 Å². The van der Waals surface area contributed by atoms with Gasteiger partial charge in [-0.25, -0.2) is 0 Å². The average Bonchev–Trinajstić information content (AvgIpc) is 2.27. The highest BCUT2D eigenvalue weighted by molar-refractivity contribution is 5.91. The van der Waals surface area contributed by atoms with Crippen LogP contribution in [0.1, 0.15) is 0 Å². The molecule has 0 aliphatic heterocycles. The number of benzene rings is 2. The lowest BCUT2D eigenvalue weighted by molar-refractivity contribution is -0.134. The minimum absolute atomic E-state index is 0.140. The first-order valence-electron chi connectivity index (χ1n) is 4.84. The Morgan fingerprint density at radius 2 is 2.06 bits per heavy atom. The Hall–Kier alpha value is -2.23. The van der Waals surface area contributed by atoms with E-state index in [0.29, 0.717) is 11.1 Å². The maximum absolute atomic E-state index is 10.4. The minimum Gasteiger partial charge on any atom is -0.507 e. The molecular weight excluding hydrogens is 206 g/mol. The molecule has 0 saturated heterocycles. The SMILES string of the molecule is O=C(O)CNc1ccc2cccc(O)c2c1. The monoisotopic (exact) mass is 217 g/mol. The maximum atomic E-state index is 10.4. The number of anilines is 1. The van der Waals surface area contributed by atoms with Gasteiger partial charge in [-0.3, -0.25) is 4.79 Å². The predicted octanol–water partition coefficient (Wildman–Crippen LogP) is 2.04. The lowest BCUT2D eigenvalue weighted by atomic mass is 10.1. The highest BCUT2D eigenvalue weighted by Crippen LogP contribution is 2.26. The molecule has 0 aliphatic carbocycles. The molecule has 0 saturated carbocycles. The van der Waals surface area contributed by atoms with Gasteiger partial charge in [-0.05, 0) is 23.6 Å². The molecular formula is C12H11NO3. The fourth-order valence-corrected chi connectivity index (χ4v) is 1.54. The lowest BCUT2D eigenvalue weighted by Gasteiger charge is -2.06. The van der Waals surface area contributed by atoms with Crippen molar-refractivity contribution in [3.05, 3.63) is 36.4 Å². The van der Waals surface area contributed by atoms with Gasteiger partial charge < -0.3 is 15.5 Å². The Morgan fingerprint density at radius 1 is 1.25 bits per heavy atom. The molecule has 0 bridgehead atoms. The second-order valence-corrected chi connectivity index (χ2v) is 3.46. The van der Waals surface area contributed by atoms with Crippen molar-refractivity contribution in [2.24, 2.45) is 0 Å². The Labute approximate surface area is 92.1 Å². The molecule has 0 fully saturated rings. The summed E-state index contributed by atoms with van der Waals surface area (Å²) < 4.78 is 0. The van der Waals surface area contributed by atoms with Gasteiger partial charge >= 0.3 is 5.97 Å². The van der Waals surface area contributed by atoms with Crippen molar-refractivity contribution in [3.63, 3.8) is 0 Å². The van der Waals surface area contributed by atoms with Crippen LogP contribution in [0, 0.1) is 0 Å². The zero-order valence-electron chi connectivity index (χ0n) is 8.47. The van der Waals surface area contributed by atoms with E-state index in [1.807, 2.05) is 12.1 Å². The zero-order chi connectivity index (χ0) is 11.5. The molecule has 0 aliphatic rings. The van der Waals surface area contributed by atoms with Gasteiger partial charge in [0.1, 0.15) is 12.3 Å². The Morgan fingerprint density at radius 3 is 2.81 bits per heavy atom. The molecule has 0 atom stereocenters. The number of rotatable bonds is 3. The van der Waals surface area contributed by atoms with Crippen LogP contribution in [0.2, 0.25) is 0 Å². The number of aliphatic carboxylic acids is 1. The van der Waals surface area contributed by atoms with Crippen LogP contribution in [0.4, 0.5) is 5.69 Å². The summed E-state index contributed by atoms with van der Waals surface area (Å²) >= 11 is 0. The van der Waals surface area contributed by atoms with Gasteiger partial charge in [-0.2, -0.15) is 0 Å². The van der Waals surface area contributed by atoms with E-state index in [1.165, 1.54) is 0 Å². The summed E-state index contributed by atoms with van der Waals surface area (Å²) in [4.78, 5) is 10.4. The molecule has 0 heterocycles. The van der Waals surface area contributed by atoms with Gasteiger partial charge in [0.05, 0.1) is 0 Å². The van der Waals surface area contributed by atoms with Crippen LogP contribution >= 0.6 is 0 Å². The molecule has 0 unspecified atom stereocenters. The van der Waals surface area contributed by atoms with Crippen LogP contribution in [0.5, 0.6) is 5.75 Å². The number of phenols is 1. The number of fused-ring (bicyclic) bond motifs is 1. The van der Waals surface area contributed by atoms with E-state index in [0.717, 1.165) is 5.39 Å². The van der Waals surface area contributed by atoms with E-state index in [-0.39, 0.29) is 12.3 Å². The smallest absolute Gasteiger partial charge is 0.322 e. The molecule has 16 heavy (non-hydrogen) atoms. The van der Waals surface area contributed by atoms with Crippen molar-refractivity contribution in [1.82, 2.24) is 0 Å². The Balaban J connectivity index is 2.35. The van der Waals surface area contributed by atoms with Crippen LogP contribution in [-0.4, -0.2) is 22.7 Å². The number of carbonyl (C=O) groups is 1. The van der Waals surface area contributed by atoms with E-state index < -0.39 is 5.97 Å². The zero-order valence-corrected chi connectivity index (χ0v) is 8.47. The first-order chi connectivity index (χ1) is 7.66. The average molecular weight is 217 g/mol. The molecule has 4 heteroatoms. The maximum Gasteiger partial charge on any atom is 0.322 e. The fraction of sp³-hybridized carbons (Fsp3) is 0.0833. The third-order valence-electron chi connectivity index (χ3n) is 2.30. The highest BCUT2D eigenvalue weighted by Gasteiger charge is 2.01. The van der Waals surface area contributed by atoms with Crippen molar-refractivity contribution in [2.75, 3.05) is 11.9 Å². The number of hydrogen-bond acceptors (Lipinski definition) is 3. The van der Waals surface area contributed by atoms with Crippen molar-refractivity contribution >= 4 is 22.4 Å². The summed E-state index contributed by atoms with van der Waals surface area (Å²) in [6.07, 6.45) is 0. The number of phenolic OH excluding ortho intramolecular Hbond substituents is 1. The van der Waals surface area contributed by atoms with Gasteiger partial charge in [-0.1, -0.05) is 18.2 Å². The van der Waals surface area contributed by atoms with Crippen LogP contribution in [0.3, 0.4) is 0 Å². The number of carboxylic acids is 1. The Kier molecular flexibility index (Phi) is 2.64. The summed E-state index contributed by atoms with van der Waals surface area (Å²) in [5.41, 5.74) is 0.677. The number of nitrogens with one attached hydrogen (secondary N) is 1. The number of aromatic hydroxyl groups is 1. The van der Waals surface area contributed by atoms with Gasteiger partial charge in [-0.15, -0.1) is 0 Å². The number of carboxylic acid groups (broad SMARTS) is 1. The molecule has 0 spiro atoms. The molecule has 82 valence electrons. The summed E-state index contributed by atoms with van der Waals surface area (Å²) in [6.45, 7) is -0.140. The molecule has 2 aromatic carbocycles. The van der Waals surface area contributed by atoms with Gasteiger partial charge in [0.25, 0.3) is 0 Å². The normalized spacial score (nSPS) is 10.2. The molecule has 4 nitrogen and oxygen atoms in total. The molecule has 3 N–H and O–H groups in total. The second kappa shape index (κ2) is 4.10. The molecule has 0 aromatic heterocycles. The summed E-state index contributed by atoms with van der Waals surface area (Å²) in [5, 5.41) is 22.5. The van der Waals surface area contributed by atoms with Gasteiger partial charge in [0.2, 0.25) is 0 Å². The van der Waals surface area contributed by atoms with Crippen molar-refractivity contribution < 1.29 is 15.0 Å². The lowest BCUT2D eigenvalue weighted by Crippen LogP contribution is -2.12. The van der Waals surface area contributed by atoms with Crippen LogP contribution in [0.25, 0.3) is 10.8 Å². The summed E-state index contributed by atoms with van der Waals surface area (Å²) in [7, 11) is 0. The van der Waals surface area contributed by atoms with E-state index >= 15 is 0 Å². The van der Waals surface area contributed by atoms with Gasteiger partial charge in [0.15, 0.2) is 0 Å². The molecule has 2 rings (SSSR count). The van der Waals surface area contributed by atoms with Crippen molar-refractivity contribution in [2.45, 2.75) is 0 Å². The van der Waals surface area contributed by atoms with E-state index in [2.05, 4.69) is 5.32 Å². The van der Waals surface area contributed by atoms with E-state index in [1.54, 1.807) is 24.3 Å². The predicted molar refractivity (Wildman–Crippen MR) is 61.7 cm³/mol. The molecule has 2 aromatic rings.